The number of carbonyl (C=O) groups is 2. The predicted molar refractivity (Wildman–Crippen MR) is 124 cm³/mol. The second-order valence-corrected chi connectivity index (χ2v) is 8.40. The normalized spacial score (nSPS) is 11.8. The quantitative estimate of drug-likeness (QED) is 0.489. The van der Waals surface area contributed by atoms with E-state index < -0.39 is 33.8 Å². The molecule has 1 aromatic heterocycles. The molecule has 7 nitrogen and oxygen atoms in total. The van der Waals surface area contributed by atoms with Crippen LogP contribution in [0.3, 0.4) is 0 Å². The SMILES string of the molecule is CS(=O)c1ccc(-c2ccccc2NC(=O)n2cc(C(=O)O)c(=O)c3ccccc32)cc1. The number of nitrogens with zero attached hydrogens (tertiary/aromatic N) is 1. The van der Waals surface area contributed by atoms with Crippen LogP contribution in [0.5, 0.6) is 0 Å². The molecule has 8 heteroatoms. The molecule has 0 spiro atoms. The van der Waals surface area contributed by atoms with Crippen LogP contribution >= 0.6 is 0 Å². The van der Waals surface area contributed by atoms with Crippen molar-refractivity contribution in [2.75, 3.05) is 11.6 Å². The van der Waals surface area contributed by atoms with Gasteiger partial charge in [0.15, 0.2) is 0 Å². The number of carboxylic acids is 1. The number of carboxylic acid groups (broad SMARTS) is 1. The van der Waals surface area contributed by atoms with Gasteiger partial charge in [-0.05, 0) is 35.9 Å². The molecule has 0 fully saturated rings. The summed E-state index contributed by atoms with van der Waals surface area (Å²) in [5.74, 6) is -1.41. The highest BCUT2D eigenvalue weighted by Crippen LogP contribution is 2.29. The molecule has 0 bridgehead atoms. The van der Waals surface area contributed by atoms with Crippen LogP contribution in [-0.4, -0.2) is 32.1 Å². The van der Waals surface area contributed by atoms with Gasteiger partial charge in [0, 0.05) is 39.1 Å². The second-order valence-electron chi connectivity index (χ2n) is 7.02. The van der Waals surface area contributed by atoms with E-state index in [-0.39, 0.29) is 5.39 Å². The first-order chi connectivity index (χ1) is 15.4. The number of amides is 1. The zero-order valence-corrected chi connectivity index (χ0v) is 17.8. The lowest BCUT2D eigenvalue weighted by atomic mass is 10.0. The van der Waals surface area contributed by atoms with Crippen LogP contribution in [0, 0.1) is 0 Å². The van der Waals surface area contributed by atoms with Crippen LogP contribution < -0.4 is 10.7 Å². The Labute approximate surface area is 185 Å². The molecule has 32 heavy (non-hydrogen) atoms. The van der Waals surface area contributed by atoms with E-state index in [0.29, 0.717) is 16.1 Å². The van der Waals surface area contributed by atoms with Crippen molar-refractivity contribution in [3.63, 3.8) is 0 Å². The van der Waals surface area contributed by atoms with E-state index in [1.165, 1.54) is 6.07 Å². The van der Waals surface area contributed by atoms with Crippen LogP contribution in [0.1, 0.15) is 10.4 Å². The molecular formula is C24H18N2O5S. The predicted octanol–water partition coefficient (Wildman–Crippen LogP) is 4.18. The van der Waals surface area contributed by atoms with Gasteiger partial charge in [0.2, 0.25) is 5.43 Å². The minimum atomic E-state index is -1.41. The first-order valence-corrected chi connectivity index (χ1v) is 11.1. The standard InChI is InChI=1S/C24H18N2O5S/c1-32(31)16-12-10-15(11-13-16)17-6-2-4-8-20(17)25-24(30)26-14-19(23(28)29)22(27)18-7-3-5-9-21(18)26/h2-14H,1H3,(H,25,30)(H,28,29). The van der Waals surface area contributed by atoms with Gasteiger partial charge in [0.25, 0.3) is 0 Å². The number of carbonyl (C=O) groups excluding carboxylic acids is 1. The Bertz CT molecular complexity index is 1440. The fourth-order valence-corrected chi connectivity index (χ4v) is 3.96. The molecule has 1 heterocycles. The van der Waals surface area contributed by atoms with Crippen molar-refractivity contribution in [3.05, 3.63) is 94.8 Å². The first kappa shape index (κ1) is 21.2. The fraction of sp³-hybridized carbons (Fsp3) is 0.0417. The molecule has 1 unspecified atom stereocenters. The van der Waals surface area contributed by atoms with Gasteiger partial charge in [-0.2, -0.15) is 0 Å². The van der Waals surface area contributed by atoms with Crippen molar-refractivity contribution in [1.29, 1.82) is 0 Å². The number of aromatic carboxylic acids is 1. The number of benzene rings is 3. The Hall–Kier alpha value is -4.04. The lowest BCUT2D eigenvalue weighted by Gasteiger charge is -2.15. The molecule has 2 N–H and O–H groups in total. The highest BCUT2D eigenvalue weighted by molar-refractivity contribution is 7.84. The molecule has 0 aliphatic heterocycles. The molecule has 3 aromatic carbocycles. The number of para-hydroxylation sites is 2. The van der Waals surface area contributed by atoms with E-state index in [0.717, 1.165) is 21.9 Å². The molecule has 160 valence electrons. The molecule has 0 aliphatic carbocycles. The van der Waals surface area contributed by atoms with Crippen LogP contribution in [-0.2, 0) is 10.8 Å². The zero-order valence-electron chi connectivity index (χ0n) is 16.9. The molecular weight excluding hydrogens is 428 g/mol. The van der Waals surface area contributed by atoms with Gasteiger partial charge in [-0.3, -0.25) is 13.6 Å². The fourth-order valence-electron chi connectivity index (χ4n) is 3.44. The molecule has 0 radical (unpaired) electrons. The molecule has 0 saturated heterocycles. The monoisotopic (exact) mass is 446 g/mol. The van der Waals surface area contributed by atoms with Crippen molar-refractivity contribution in [3.8, 4) is 11.1 Å². The number of pyridine rings is 1. The molecule has 0 aliphatic rings. The summed E-state index contributed by atoms with van der Waals surface area (Å²) in [6.45, 7) is 0. The third-order valence-electron chi connectivity index (χ3n) is 5.03. The molecule has 4 aromatic rings. The van der Waals surface area contributed by atoms with Crippen LogP contribution in [0.25, 0.3) is 22.0 Å². The largest absolute Gasteiger partial charge is 0.477 e. The van der Waals surface area contributed by atoms with E-state index in [1.54, 1.807) is 48.7 Å². The first-order valence-electron chi connectivity index (χ1n) is 9.59. The molecule has 4 rings (SSSR count). The van der Waals surface area contributed by atoms with Crippen molar-refractivity contribution in [1.82, 2.24) is 4.57 Å². The lowest BCUT2D eigenvalue weighted by molar-refractivity contribution is 0.0695. The Morgan fingerprint density at radius 3 is 2.28 bits per heavy atom. The number of rotatable bonds is 4. The summed E-state index contributed by atoms with van der Waals surface area (Å²) in [6.07, 6.45) is 2.64. The van der Waals surface area contributed by atoms with Gasteiger partial charge in [0.1, 0.15) is 5.56 Å². The summed E-state index contributed by atoms with van der Waals surface area (Å²) in [7, 11) is -1.10. The van der Waals surface area contributed by atoms with E-state index in [9.17, 15) is 23.7 Å². The van der Waals surface area contributed by atoms with Gasteiger partial charge < -0.3 is 10.4 Å². The number of aromatic nitrogens is 1. The number of hydrogen-bond acceptors (Lipinski definition) is 4. The zero-order chi connectivity index (χ0) is 22.8. The van der Waals surface area contributed by atoms with E-state index in [4.69, 9.17) is 0 Å². The highest BCUT2D eigenvalue weighted by atomic mass is 32.2. The minimum Gasteiger partial charge on any atom is -0.477 e. The topological polar surface area (TPSA) is 105 Å². The van der Waals surface area contributed by atoms with Gasteiger partial charge in [-0.25, -0.2) is 9.59 Å². The summed E-state index contributed by atoms with van der Waals surface area (Å²) >= 11 is 0. The smallest absolute Gasteiger partial charge is 0.341 e. The molecule has 0 saturated carbocycles. The van der Waals surface area contributed by atoms with E-state index >= 15 is 0 Å². The van der Waals surface area contributed by atoms with Crippen LogP contribution in [0.4, 0.5) is 10.5 Å². The van der Waals surface area contributed by atoms with E-state index in [1.807, 2.05) is 24.3 Å². The van der Waals surface area contributed by atoms with Gasteiger partial charge in [-0.1, -0.05) is 42.5 Å². The molecule has 1 amide bonds. The summed E-state index contributed by atoms with van der Waals surface area (Å²) in [4.78, 5) is 37.9. The maximum Gasteiger partial charge on any atom is 0.341 e. The number of anilines is 1. The van der Waals surface area contributed by atoms with Crippen molar-refractivity contribution in [2.24, 2.45) is 0 Å². The van der Waals surface area contributed by atoms with Gasteiger partial charge in [0.05, 0.1) is 11.2 Å². The van der Waals surface area contributed by atoms with Gasteiger partial charge >= 0.3 is 12.0 Å². The maximum absolute atomic E-state index is 13.2. The summed E-state index contributed by atoms with van der Waals surface area (Å²) < 4.78 is 12.8. The highest BCUT2D eigenvalue weighted by Gasteiger charge is 2.18. The van der Waals surface area contributed by atoms with Gasteiger partial charge in [-0.15, -0.1) is 0 Å². The third kappa shape index (κ3) is 3.95. The summed E-state index contributed by atoms with van der Waals surface area (Å²) in [5.41, 5.74) is 1.21. The number of nitrogens with one attached hydrogen (secondary N) is 1. The Morgan fingerprint density at radius 2 is 1.59 bits per heavy atom. The Morgan fingerprint density at radius 1 is 0.938 bits per heavy atom. The lowest BCUT2D eigenvalue weighted by Crippen LogP contribution is -2.25. The Kier molecular flexibility index (Phi) is 5.70. The third-order valence-corrected chi connectivity index (χ3v) is 5.96. The average Bonchev–Trinajstić information content (AvgIpc) is 2.79. The summed E-state index contributed by atoms with van der Waals surface area (Å²) in [6, 6.07) is 20.0. The maximum atomic E-state index is 13.2. The van der Waals surface area contributed by atoms with Crippen molar-refractivity contribution in [2.45, 2.75) is 4.90 Å². The average molecular weight is 446 g/mol. The Balaban J connectivity index is 1.77. The van der Waals surface area contributed by atoms with Crippen LogP contribution in [0.15, 0.2) is 88.7 Å². The molecule has 1 atom stereocenters. The summed E-state index contributed by atoms with van der Waals surface area (Å²) in [5, 5.41) is 12.4. The van der Waals surface area contributed by atoms with E-state index in [2.05, 4.69) is 5.32 Å². The van der Waals surface area contributed by atoms with Crippen LogP contribution in [0.2, 0.25) is 0 Å². The minimum absolute atomic E-state index is 0.138. The van der Waals surface area contributed by atoms with Crippen molar-refractivity contribution < 1.29 is 18.9 Å². The second kappa shape index (κ2) is 8.60. The number of hydrogen-bond donors (Lipinski definition) is 2. The number of fused-ring (bicyclic) bond motifs is 1. The van der Waals surface area contributed by atoms with Crippen molar-refractivity contribution >= 4 is 39.4 Å².